The average molecular weight is 217 g/mol. The Bertz CT molecular complexity index is 217. The molecule has 0 aromatic heterocycles. The molecule has 0 aliphatic heterocycles. The molecule has 0 saturated carbocycles. The highest BCUT2D eigenvalue weighted by atomic mass is 16.5. The summed E-state index contributed by atoms with van der Waals surface area (Å²) >= 11 is 0. The number of nitrogens with one attached hydrogen (secondary N) is 1. The molecule has 0 heterocycles. The van der Waals surface area contributed by atoms with Crippen LogP contribution in [0.2, 0.25) is 0 Å². The maximum Gasteiger partial charge on any atom is 0.328 e. The van der Waals surface area contributed by atoms with E-state index in [1.54, 1.807) is 6.92 Å². The SMILES string of the molecule is CCCC(C)C(=O)NC(COC)C(=O)O. The van der Waals surface area contributed by atoms with Crippen molar-refractivity contribution in [3.8, 4) is 0 Å². The van der Waals surface area contributed by atoms with Crippen LogP contribution < -0.4 is 5.32 Å². The van der Waals surface area contributed by atoms with Crippen molar-refractivity contribution in [1.29, 1.82) is 0 Å². The number of ether oxygens (including phenoxy) is 1. The van der Waals surface area contributed by atoms with Gasteiger partial charge in [-0.3, -0.25) is 4.79 Å². The van der Waals surface area contributed by atoms with Gasteiger partial charge in [-0.15, -0.1) is 0 Å². The molecular formula is C10H19NO4. The first-order valence-corrected chi connectivity index (χ1v) is 5.05. The van der Waals surface area contributed by atoms with Crippen LogP contribution in [-0.4, -0.2) is 36.7 Å². The lowest BCUT2D eigenvalue weighted by atomic mass is 10.1. The number of carbonyl (C=O) groups is 2. The Kier molecular flexibility index (Phi) is 6.70. The highest BCUT2D eigenvalue weighted by Gasteiger charge is 2.22. The minimum atomic E-state index is -1.08. The predicted molar refractivity (Wildman–Crippen MR) is 55.5 cm³/mol. The summed E-state index contributed by atoms with van der Waals surface area (Å²) in [5, 5.41) is 11.2. The molecule has 2 N–H and O–H groups in total. The molecule has 0 bridgehead atoms. The molecule has 0 aromatic carbocycles. The maximum absolute atomic E-state index is 11.5. The molecule has 88 valence electrons. The van der Waals surface area contributed by atoms with E-state index in [4.69, 9.17) is 9.84 Å². The Hall–Kier alpha value is -1.10. The number of carbonyl (C=O) groups excluding carboxylic acids is 1. The van der Waals surface area contributed by atoms with Gasteiger partial charge >= 0.3 is 5.97 Å². The normalized spacial score (nSPS) is 14.3. The van der Waals surface area contributed by atoms with Crippen molar-refractivity contribution < 1.29 is 19.4 Å². The van der Waals surface area contributed by atoms with E-state index in [-0.39, 0.29) is 18.4 Å². The zero-order valence-electron chi connectivity index (χ0n) is 9.45. The van der Waals surface area contributed by atoms with Crippen LogP contribution in [0.1, 0.15) is 26.7 Å². The van der Waals surface area contributed by atoms with Crippen LogP contribution in [0.5, 0.6) is 0 Å². The van der Waals surface area contributed by atoms with E-state index in [0.717, 1.165) is 12.8 Å². The second kappa shape index (κ2) is 7.23. The van der Waals surface area contributed by atoms with Crippen LogP contribution in [0.3, 0.4) is 0 Å². The number of hydrogen-bond acceptors (Lipinski definition) is 3. The molecule has 0 rings (SSSR count). The predicted octanol–water partition coefficient (Wildman–Crippen LogP) is 0.638. The second-order valence-corrected chi connectivity index (χ2v) is 3.54. The Morgan fingerprint density at radius 2 is 2.07 bits per heavy atom. The first-order chi connectivity index (χ1) is 7.02. The average Bonchev–Trinajstić information content (AvgIpc) is 2.17. The number of amides is 1. The number of carboxylic acids is 1. The lowest BCUT2D eigenvalue weighted by Crippen LogP contribution is -2.45. The number of rotatable bonds is 7. The fourth-order valence-electron chi connectivity index (χ4n) is 1.22. The third-order valence-corrected chi connectivity index (χ3v) is 2.12. The third-order valence-electron chi connectivity index (χ3n) is 2.12. The number of hydrogen-bond donors (Lipinski definition) is 2. The van der Waals surface area contributed by atoms with Crippen LogP contribution in [0.4, 0.5) is 0 Å². The maximum atomic E-state index is 11.5. The fourth-order valence-corrected chi connectivity index (χ4v) is 1.22. The second-order valence-electron chi connectivity index (χ2n) is 3.54. The Labute approximate surface area is 89.8 Å². The van der Waals surface area contributed by atoms with Crippen LogP contribution in [0.15, 0.2) is 0 Å². The molecule has 2 atom stereocenters. The first kappa shape index (κ1) is 13.9. The fraction of sp³-hybridized carbons (Fsp3) is 0.800. The van der Waals surface area contributed by atoms with Crippen molar-refractivity contribution in [3.05, 3.63) is 0 Å². The van der Waals surface area contributed by atoms with E-state index in [1.807, 2.05) is 6.92 Å². The van der Waals surface area contributed by atoms with Gasteiger partial charge in [0.05, 0.1) is 6.61 Å². The summed E-state index contributed by atoms with van der Waals surface area (Å²) in [6.07, 6.45) is 1.65. The standard InChI is InChI=1S/C10H19NO4/c1-4-5-7(2)9(12)11-8(6-15-3)10(13)14/h7-8H,4-6H2,1-3H3,(H,11,12)(H,13,14). The minimum Gasteiger partial charge on any atom is -0.480 e. The minimum absolute atomic E-state index is 0.0140. The van der Waals surface area contributed by atoms with E-state index in [0.29, 0.717) is 0 Å². The monoisotopic (exact) mass is 217 g/mol. The van der Waals surface area contributed by atoms with Crippen LogP contribution in [0.25, 0.3) is 0 Å². The summed E-state index contributed by atoms with van der Waals surface area (Å²) in [5.41, 5.74) is 0. The summed E-state index contributed by atoms with van der Waals surface area (Å²) in [5.74, 6) is -1.47. The smallest absolute Gasteiger partial charge is 0.328 e. The van der Waals surface area contributed by atoms with Gasteiger partial charge in [0.25, 0.3) is 0 Å². The summed E-state index contributed by atoms with van der Waals surface area (Å²) in [6, 6.07) is -0.957. The highest BCUT2D eigenvalue weighted by Crippen LogP contribution is 2.05. The van der Waals surface area contributed by atoms with Gasteiger partial charge in [-0.25, -0.2) is 4.79 Å². The third kappa shape index (κ3) is 5.37. The van der Waals surface area contributed by atoms with Crippen molar-refractivity contribution >= 4 is 11.9 Å². The van der Waals surface area contributed by atoms with Crippen LogP contribution >= 0.6 is 0 Å². The van der Waals surface area contributed by atoms with E-state index in [9.17, 15) is 9.59 Å². The van der Waals surface area contributed by atoms with Gasteiger partial charge in [0.15, 0.2) is 6.04 Å². The Morgan fingerprint density at radius 3 is 2.47 bits per heavy atom. The number of carboxylic acid groups (broad SMARTS) is 1. The van der Waals surface area contributed by atoms with Crippen molar-refractivity contribution in [2.45, 2.75) is 32.7 Å². The van der Waals surface area contributed by atoms with Gasteiger partial charge < -0.3 is 15.2 Å². The highest BCUT2D eigenvalue weighted by molar-refractivity contribution is 5.84. The molecule has 0 fully saturated rings. The molecule has 0 radical (unpaired) electrons. The van der Waals surface area contributed by atoms with Crippen molar-refractivity contribution in [1.82, 2.24) is 5.32 Å². The van der Waals surface area contributed by atoms with Gasteiger partial charge in [-0.1, -0.05) is 20.3 Å². The van der Waals surface area contributed by atoms with E-state index >= 15 is 0 Å². The summed E-state index contributed by atoms with van der Waals surface area (Å²) in [6.45, 7) is 3.75. The number of aliphatic carboxylic acids is 1. The summed E-state index contributed by atoms with van der Waals surface area (Å²) < 4.78 is 4.71. The molecule has 0 aliphatic rings. The Balaban J connectivity index is 4.15. The zero-order valence-corrected chi connectivity index (χ0v) is 9.45. The Morgan fingerprint density at radius 1 is 1.47 bits per heavy atom. The van der Waals surface area contributed by atoms with Gasteiger partial charge in [0, 0.05) is 13.0 Å². The topological polar surface area (TPSA) is 75.6 Å². The molecule has 5 nitrogen and oxygen atoms in total. The molecule has 0 saturated heterocycles. The molecular weight excluding hydrogens is 198 g/mol. The molecule has 2 unspecified atom stereocenters. The van der Waals surface area contributed by atoms with Crippen LogP contribution in [-0.2, 0) is 14.3 Å². The quantitative estimate of drug-likeness (QED) is 0.656. The molecule has 15 heavy (non-hydrogen) atoms. The van der Waals surface area contributed by atoms with Gasteiger partial charge in [0.1, 0.15) is 0 Å². The van der Waals surface area contributed by atoms with E-state index < -0.39 is 12.0 Å². The van der Waals surface area contributed by atoms with E-state index in [1.165, 1.54) is 7.11 Å². The molecule has 5 heteroatoms. The lowest BCUT2D eigenvalue weighted by Gasteiger charge is -2.16. The molecule has 0 spiro atoms. The van der Waals surface area contributed by atoms with Crippen molar-refractivity contribution in [2.75, 3.05) is 13.7 Å². The zero-order chi connectivity index (χ0) is 11.8. The van der Waals surface area contributed by atoms with E-state index in [2.05, 4.69) is 5.32 Å². The largest absolute Gasteiger partial charge is 0.480 e. The lowest BCUT2D eigenvalue weighted by molar-refractivity contribution is -0.143. The molecule has 0 aromatic rings. The van der Waals surface area contributed by atoms with Gasteiger partial charge in [-0.2, -0.15) is 0 Å². The first-order valence-electron chi connectivity index (χ1n) is 5.05. The van der Waals surface area contributed by atoms with Crippen molar-refractivity contribution in [3.63, 3.8) is 0 Å². The van der Waals surface area contributed by atoms with Gasteiger partial charge in [0.2, 0.25) is 5.91 Å². The molecule has 1 amide bonds. The number of methoxy groups -OCH3 is 1. The van der Waals surface area contributed by atoms with Crippen molar-refractivity contribution in [2.24, 2.45) is 5.92 Å². The summed E-state index contributed by atoms with van der Waals surface area (Å²) in [7, 11) is 1.40. The van der Waals surface area contributed by atoms with Crippen LogP contribution in [0, 0.1) is 5.92 Å². The summed E-state index contributed by atoms with van der Waals surface area (Å²) in [4.78, 5) is 22.2. The molecule has 0 aliphatic carbocycles. The van der Waals surface area contributed by atoms with Gasteiger partial charge in [-0.05, 0) is 6.42 Å².